The number of hydrogen-bond donors (Lipinski definition) is 1. The predicted octanol–water partition coefficient (Wildman–Crippen LogP) is 2.04. The number of piperazine rings is 1. The lowest BCUT2D eigenvalue weighted by Crippen LogP contribution is -2.58. The van der Waals surface area contributed by atoms with Crippen molar-refractivity contribution in [1.29, 1.82) is 5.26 Å². The molecule has 1 aromatic rings. The Labute approximate surface area is 194 Å². The van der Waals surface area contributed by atoms with Crippen LogP contribution in [0.1, 0.15) is 51.6 Å². The predicted molar refractivity (Wildman–Crippen MR) is 120 cm³/mol. The molecule has 3 heterocycles. The second kappa shape index (κ2) is 7.78. The first-order chi connectivity index (χ1) is 15.6. The molecule has 7 atom stereocenters. The Morgan fingerprint density at radius 2 is 1.94 bits per heavy atom. The van der Waals surface area contributed by atoms with Crippen LogP contribution in [-0.2, 0) is 9.59 Å². The first-order valence-corrected chi connectivity index (χ1v) is 11.9. The molecule has 1 saturated carbocycles. The van der Waals surface area contributed by atoms with E-state index in [0.717, 1.165) is 18.4 Å². The van der Waals surface area contributed by atoms with Gasteiger partial charge in [0.25, 0.3) is 0 Å². The van der Waals surface area contributed by atoms with Gasteiger partial charge < -0.3 is 15.5 Å². The maximum absolute atomic E-state index is 13.5. The summed E-state index contributed by atoms with van der Waals surface area (Å²) in [6, 6.07) is 7.30. The van der Waals surface area contributed by atoms with Gasteiger partial charge in [-0.15, -0.1) is 0 Å². The summed E-state index contributed by atoms with van der Waals surface area (Å²) in [5.74, 6) is 0.0372. The van der Waals surface area contributed by atoms with E-state index in [2.05, 4.69) is 26.8 Å². The number of fused-ring (bicyclic) bond motifs is 3. The van der Waals surface area contributed by atoms with Crippen LogP contribution >= 0.6 is 0 Å². The summed E-state index contributed by atoms with van der Waals surface area (Å²) in [6.07, 6.45) is 2.43. The minimum atomic E-state index is -0.740. The molecule has 4 fully saturated rings. The zero-order valence-corrected chi connectivity index (χ0v) is 19.4. The number of rotatable bonds is 5. The average molecular weight is 454 g/mol. The largest absolute Gasteiger partial charge is 0.329 e. The van der Waals surface area contributed by atoms with Crippen molar-refractivity contribution < 1.29 is 14.0 Å². The van der Waals surface area contributed by atoms with Crippen LogP contribution in [0.25, 0.3) is 0 Å². The molecule has 0 radical (unpaired) electrons. The fourth-order valence-electron chi connectivity index (χ4n) is 6.36. The van der Waals surface area contributed by atoms with E-state index in [-0.39, 0.29) is 53.3 Å². The van der Waals surface area contributed by atoms with Gasteiger partial charge in [0, 0.05) is 25.2 Å². The molecule has 2 bridgehead atoms. The molecule has 1 unspecified atom stereocenters. The number of piperidine rings is 1. The van der Waals surface area contributed by atoms with Gasteiger partial charge in [-0.2, -0.15) is 5.26 Å². The van der Waals surface area contributed by atoms with Gasteiger partial charge in [0.05, 0.1) is 24.2 Å². The zero-order valence-electron chi connectivity index (χ0n) is 19.4. The number of halogens is 1. The number of carbonyl (C=O) groups is 2. The van der Waals surface area contributed by atoms with Crippen molar-refractivity contribution >= 4 is 11.8 Å². The SMILES string of the molecule is CC(C)(C)[C@H](c1ccc(F)cc1)N1C(=O)[C@H]2CC1CN2C[C@H](N)C(=O)N1[C@H](C#N)C[C@@H]2C[C@@H]21. The van der Waals surface area contributed by atoms with Crippen molar-refractivity contribution in [3.63, 3.8) is 0 Å². The van der Waals surface area contributed by atoms with Crippen molar-refractivity contribution in [1.82, 2.24) is 14.7 Å². The number of likely N-dealkylation sites (tertiary alicyclic amines) is 3. The van der Waals surface area contributed by atoms with E-state index in [1.807, 2.05) is 9.80 Å². The molecule has 4 aliphatic rings. The van der Waals surface area contributed by atoms with E-state index in [4.69, 9.17) is 5.73 Å². The molecule has 0 spiro atoms. The van der Waals surface area contributed by atoms with Crippen LogP contribution in [-0.4, -0.2) is 69.8 Å². The van der Waals surface area contributed by atoms with Gasteiger partial charge in [0.2, 0.25) is 11.8 Å². The highest BCUT2D eigenvalue weighted by Gasteiger charge is 2.56. The molecular weight excluding hydrogens is 421 g/mol. The smallest absolute Gasteiger partial charge is 0.242 e. The fourth-order valence-corrected chi connectivity index (χ4v) is 6.36. The van der Waals surface area contributed by atoms with Crippen molar-refractivity contribution in [3.8, 4) is 6.07 Å². The van der Waals surface area contributed by atoms with Crippen LogP contribution in [0.3, 0.4) is 0 Å². The third-order valence-electron chi connectivity index (χ3n) is 7.85. The van der Waals surface area contributed by atoms with Crippen LogP contribution in [0.2, 0.25) is 0 Å². The molecule has 5 rings (SSSR count). The monoisotopic (exact) mass is 453 g/mol. The van der Waals surface area contributed by atoms with Gasteiger partial charge >= 0.3 is 0 Å². The van der Waals surface area contributed by atoms with Gasteiger partial charge in [0.1, 0.15) is 11.9 Å². The Hall–Kier alpha value is -2.50. The highest BCUT2D eigenvalue weighted by molar-refractivity contribution is 5.87. The van der Waals surface area contributed by atoms with Crippen molar-refractivity contribution in [2.24, 2.45) is 17.1 Å². The lowest BCUT2D eigenvalue weighted by molar-refractivity contribution is -0.143. The standard InChI is InChI=1S/C25H32FN5O2/c1-25(2,3)22(14-4-6-16(26)7-5-14)31-18-10-21(24(31)33)29(12-18)13-19(28)23(32)30-17(11-27)8-15-9-20(15)30/h4-7,15,17-22H,8-10,12-13,28H2,1-3H3/t15-,17+,18?,19+,20+,21-,22+/m1/s1. The van der Waals surface area contributed by atoms with Crippen LogP contribution < -0.4 is 5.73 Å². The van der Waals surface area contributed by atoms with Gasteiger partial charge in [-0.25, -0.2) is 4.39 Å². The molecule has 176 valence electrons. The number of nitrogens with zero attached hydrogens (tertiary/aromatic N) is 4. The van der Waals surface area contributed by atoms with E-state index >= 15 is 0 Å². The highest BCUT2D eigenvalue weighted by atomic mass is 19.1. The number of nitrogens with two attached hydrogens (primary N) is 1. The van der Waals surface area contributed by atoms with Gasteiger partial charge in [0.15, 0.2) is 0 Å². The quantitative estimate of drug-likeness (QED) is 0.736. The van der Waals surface area contributed by atoms with Crippen LogP contribution in [0, 0.1) is 28.5 Å². The van der Waals surface area contributed by atoms with Crippen LogP contribution in [0.4, 0.5) is 4.39 Å². The number of benzene rings is 1. The first-order valence-electron chi connectivity index (χ1n) is 11.9. The maximum Gasteiger partial charge on any atom is 0.242 e. The summed E-state index contributed by atoms with van der Waals surface area (Å²) in [5, 5.41) is 9.40. The molecule has 0 aromatic heterocycles. The fraction of sp³-hybridized carbons (Fsp3) is 0.640. The number of hydrogen-bond acceptors (Lipinski definition) is 5. The Morgan fingerprint density at radius 1 is 1.24 bits per heavy atom. The molecule has 1 aliphatic carbocycles. The Balaban J connectivity index is 1.29. The van der Waals surface area contributed by atoms with Crippen molar-refractivity contribution in [2.45, 2.75) is 76.3 Å². The normalized spacial score (nSPS) is 32.6. The summed E-state index contributed by atoms with van der Waals surface area (Å²) in [4.78, 5) is 32.3. The summed E-state index contributed by atoms with van der Waals surface area (Å²) < 4.78 is 13.5. The third-order valence-corrected chi connectivity index (χ3v) is 7.85. The minimum absolute atomic E-state index is 0.0329. The number of nitriles is 1. The van der Waals surface area contributed by atoms with E-state index < -0.39 is 6.04 Å². The Morgan fingerprint density at radius 3 is 2.55 bits per heavy atom. The molecule has 3 saturated heterocycles. The molecule has 8 heteroatoms. The van der Waals surface area contributed by atoms with Crippen molar-refractivity contribution in [2.75, 3.05) is 13.1 Å². The Kier molecular flexibility index (Phi) is 5.26. The van der Waals surface area contributed by atoms with Crippen LogP contribution in [0.15, 0.2) is 24.3 Å². The van der Waals surface area contributed by atoms with Crippen LogP contribution in [0.5, 0.6) is 0 Å². The van der Waals surface area contributed by atoms with E-state index in [1.54, 1.807) is 17.0 Å². The highest BCUT2D eigenvalue weighted by Crippen LogP contribution is 2.48. The molecule has 33 heavy (non-hydrogen) atoms. The van der Waals surface area contributed by atoms with Gasteiger partial charge in [-0.3, -0.25) is 14.5 Å². The third kappa shape index (κ3) is 3.71. The second-order valence-electron chi connectivity index (χ2n) is 11.2. The zero-order chi connectivity index (χ0) is 23.7. The summed E-state index contributed by atoms with van der Waals surface area (Å²) >= 11 is 0. The van der Waals surface area contributed by atoms with E-state index in [1.165, 1.54) is 12.1 Å². The molecule has 1 aromatic carbocycles. The number of carbonyl (C=O) groups excluding carboxylic acids is 2. The van der Waals surface area contributed by atoms with E-state index in [9.17, 15) is 19.2 Å². The second-order valence-corrected chi connectivity index (χ2v) is 11.2. The maximum atomic E-state index is 13.5. The summed E-state index contributed by atoms with van der Waals surface area (Å²) in [5.41, 5.74) is 7.02. The summed E-state index contributed by atoms with van der Waals surface area (Å²) in [7, 11) is 0. The topological polar surface area (TPSA) is 93.7 Å². The average Bonchev–Trinajstić information content (AvgIpc) is 3.09. The lowest BCUT2D eigenvalue weighted by Gasteiger charge is -2.45. The van der Waals surface area contributed by atoms with Gasteiger partial charge in [-0.05, 0) is 48.3 Å². The van der Waals surface area contributed by atoms with Crippen molar-refractivity contribution in [3.05, 3.63) is 35.6 Å². The molecular formula is C25H32FN5O2. The Bertz CT molecular complexity index is 1000. The molecule has 2 N–H and O–H groups in total. The lowest BCUT2D eigenvalue weighted by atomic mass is 9.80. The summed E-state index contributed by atoms with van der Waals surface area (Å²) in [6.45, 7) is 7.28. The van der Waals surface area contributed by atoms with E-state index in [0.29, 0.717) is 25.4 Å². The molecule has 2 amide bonds. The van der Waals surface area contributed by atoms with Gasteiger partial charge in [-0.1, -0.05) is 32.9 Å². The minimum Gasteiger partial charge on any atom is -0.329 e. The molecule has 7 nitrogen and oxygen atoms in total. The first kappa shape index (κ1) is 22.3. The molecule has 3 aliphatic heterocycles. The number of amides is 2.